The van der Waals surface area contributed by atoms with Crippen molar-refractivity contribution in [3.8, 4) is 0 Å². The number of rotatable bonds is 2. The normalized spacial score (nSPS) is 17.2. The molecule has 1 aliphatic rings. The van der Waals surface area contributed by atoms with Gasteiger partial charge < -0.3 is 5.73 Å². The lowest BCUT2D eigenvalue weighted by atomic mass is 9.93. The van der Waals surface area contributed by atoms with Gasteiger partial charge in [0.15, 0.2) is 0 Å². The summed E-state index contributed by atoms with van der Waals surface area (Å²) in [4.78, 5) is 11.4. The van der Waals surface area contributed by atoms with Crippen LogP contribution in [0.4, 0.5) is 0 Å². The number of carbonyl (C=O) groups excluding carboxylic acids is 1. The Balaban J connectivity index is 2.16. The van der Waals surface area contributed by atoms with Crippen LogP contribution in [0.3, 0.4) is 0 Å². The van der Waals surface area contributed by atoms with Gasteiger partial charge in [-0.3, -0.25) is 4.79 Å². The molecular formula is C14H13NO. The molecule has 2 nitrogen and oxygen atoms in total. The smallest absolute Gasteiger partial charge is 0.228 e. The Morgan fingerprint density at radius 2 is 1.75 bits per heavy atom. The van der Waals surface area contributed by atoms with E-state index in [9.17, 15) is 4.79 Å². The first-order valence-electron chi connectivity index (χ1n) is 5.52. The Morgan fingerprint density at radius 1 is 1.06 bits per heavy atom. The van der Waals surface area contributed by atoms with Gasteiger partial charge in [-0.2, -0.15) is 0 Å². The maximum absolute atomic E-state index is 11.4. The van der Waals surface area contributed by atoms with Crippen LogP contribution in [0.25, 0.3) is 10.8 Å². The second kappa shape index (κ2) is 3.08. The highest BCUT2D eigenvalue weighted by atomic mass is 16.1. The van der Waals surface area contributed by atoms with Crippen LogP contribution in [0.5, 0.6) is 0 Å². The Kier molecular flexibility index (Phi) is 1.81. The second-order valence-corrected chi connectivity index (χ2v) is 4.51. The predicted octanol–water partition coefficient (Wildman–Crippen LogP) is 2.36. The minimum atomic E-state index is -0.371. The van der Waals surface area contributed by atoms with Crippen molar-refractivity contribution in [3.63, 3.8) is 0 Å². The zero-order chi connectivity index (χ0) is 11.2. The summed E-state index contributed by atoms with van der Waals surface area (Å²) in [6.45, 7) is 0. The molecule has 0 unspecified atom stereocenters. The van der Waals surface area contributed by atoms with Crippen LogP contribution in [0.1, 0.15) is 18.4 Å². The molecule has 2 aromatic rings. The van der Waals surface area contributed by atoms with E-state index in [1.54, 1.807) is 0 Å². The summed E-state index contributed by atoms with van der Waals surface area (Å²) >= 11 is 0. The lowest BCUT2D eigenvalue weighted by Crippen LogP contribution is -2.28. The highest BCUT2D eigenvalue weighted by Gasteiger charge is 2.49. The van der Waals surface area contributed by atoms with Crippen LogP contribution in [0, 0.1) is 0 Å². The number of carbonyl (C=O) groups is 1. The van der Waals surface area contributed by atoms with Crippen LogP contribution in [-0.2, 0) is 10.2 Å². The standard InChI is InChI=1S/C14H13NO/c15-13(16)14(7-8-14)12-6-5-10-3-1-2-4-11(10)9-12/h1-6,9H,7-8H2,(H2,15,16). The average molecular weight is 211 g/mol. The Bertz CT molecular complexity index is 570. The molecule has 16 heavy (non-hydrogen) atoms. The van der Waals surface area contributed by atoms with Gasteiger partial charge in [0.25, 0.3) is 0 Å². The summed E-state index contributed by atoms with van der Waals surface area (Å²) in [5, 5.41) is 2.37. The number of hydrogen-bond donors (Lipinski definition) is 1. The molecule has 1 fully saturated rings. The van der Waals surface area contributed by atoms with Gasteiger partial charge >= 0.3 is 0 Å². The van der Waals surface area contributed by atoms with Crippen LogP contribution in [-0.4, -0.2) is 5.91 Å². The lowest BCUT2D eigenvalue weighted by molar-refractivity contribution is -0.120. The molecule has 0 aromatic heterocycles. The van der Waals surface area contributed by atoms with E-state index in [1.165, 1.54) is 10.8 Å². The molecule has 2 heteroatoms. The van der Waals surface area contributed by atoms with Gasteiger partial charge in [-0.25, -0.2) is 0 Å². The van der Waals surface area contributed by atoms with Crippen molar-refractivity contribution in [1.82, 2.24) is 0 Å². The minimum absolute atomic E-state index is 0.192. The SMILES string of the molecule is NC(=O)C1(c2ccc3ccccc3c2)CC1. The molecule has 0 atom stereocenters. The number of amides is 1. The second-order valence-electron chi connectivity index (χ2n) is 4.51. The lowest BCUT2D eigenvalue weighted by Gasteiger charge is -2.11. The van der Waals surface area contributed by atoms with Crippen molar-refractivity contribution < 1.29 is 4.79 Å². The molecule has 80 valence electrons. The quantitative estimate of drug-likeness (QED) is 0.814. The molecule has 0 spiro atoms. The minimum Gasteiger partial charge on any atom is -0.369 e. The van der Waals surface area contributed by atoms with E-state index >= 15 is 0 Å². The van der Waals surface area contributed by atoms with E-state index in [4.69, 9.17) is 5.73 Å². The van der Waals surface area contributed by atoms with E-state index in [2.05, 4.69) is 24.3 Å². The van der Waals surface area contributed by atoms with Crippen molar-refractivity contribution in [2.45, 2.75) is 18.3 Å². The topological polar surface area (TPSA) is 43.1 Å². The third kappa shape index (κ3) is 1.23. The van der Waals surface area contributed by atoms with Crippen LogP contribution >= 0.6 is 0 Å². The molecule has 1 aliphatic carbocycles. The molecule has 0 radical (unpaired) electrons. The fraction of sp³-hybridized carbons (Fsp3) is 0.214. The first-order valence-corrected chi connectivity index (χ1v) is 5.52. The maximum atomic E-state index is 11.4. The predicted molar refractivity (Wildman–Crippen MR) is 64.1 cm³/mol. The summed E-state index contributed by atoms with van der Waals surface area (Å²) in [6.07, 6.45) is 1.78. The number of nitrogens with two attached hydrogens (primary N) is 1. The van der Waals surface area contributed by atoms with E-state index < -0.39 is 0 Å². The summed E-state index contributed by atoms with van der Waals surface area (Å²) in [5.74, 6) is -0.192. The molecule has 1 amide bonds. The number of primary amides is 1. The van der Waals surface area contributed by atoms with Crippen molar-refractivity contribution in [3.05, 3.63) is 48.0 Å². The van der Waals surface area contributed by atoms with E-state index in [0.29, 0.717) is 0 Å². The van der Waals surface area contributed by atoms with Crippen LogP contribution in [0.2, 0.25) is 0 Å². The number of hydrogen-bond acceptors (Lipinski definition) is 1. The molecule has 1 saturated carbocycles. The molecule has 0 saturated heterocycles. The van der Waals surface area contributed by atoms with E-state index in [-0.39, 0.29) is 11.3 Å². The zero-order valence-electron chi connectivity index (χ0n) is 8.94. The Morgan fingerprint density at radius 3 is 2.38 bits per heavy atom. The van der Waals surface area contributed by atoms with E-state index in [0.717, 1.165) is 18.4 Å². The van der Waals surface area contributed by atoms with Crippen molar-refractivity contribution in [1.29, 1.82) is 0 Å². The third-order valence-electron chi connectivity index (χ3n) is 3.52. The summed E-state index contributed by atoms with van der Waals surface area (Å²) < 4.78 is 0. The van der Waals surface area contributed by atoms with Gasteiger partial charge in [0.1, 0.15) is 0 Å². The molecule has 0 bridgehead atoms. The fourth-order valence-electron chi connectivity index (χ4n) is 2.29. The van der Waals surface area contributed by atoms with Crippen LogP contribution < -0.4 is 5.73 Å². The van der Waals surface area contributed by atoms with Crippen molar-refractivity contribution >= 4 is 16.7 Å². The van der Waals surface area contributed by atoms with Gasteiger partial charge in [-0.1, -0.05) is 42.5 Å². The monoisotopic (exact) mass is 211 g/mol. The summed E-state index contributed by atoms with van der Waals surface area (Å²) in [5.41, 5.74) is 6.17. The number of fused-ring (bicyclic) bond motifs is 1. The molecule has 3 rings (SSSR count). The van der Waals surface area contributed by atoms with Crippen molar-refractivity contribution in [2.75, 3.05) is 0 Å². The highest BCUT2D eigenvalue weighted by Crippen LogP contribution is 2.48. The van der Waals surface area contributed by atoms with Crippen LogP contribution in [0.15, 0.2) is 42.5 Å². The fourth-order valence-corrected chi connectivity index (χ4v) is 2.29. The van der Waals surface area contributed by atoms with Gasteiger partial charge in [0, 0.05) is 0 Å². The molecule has 2 N–H and O–H groups in total. The summed E-state index contributed by atoms with van der Waals surface area (Å²) in [7, 11) is 0. The highest BCUT2D eigenvalue weighted by molar-refractivity contribution is 5.92. The average Bonchev–Trinajstić information content (AvgIpc) is 3.09. The molecule has 2 aromatic carbocycles. The van der Waals surface area contributed by atoms with Gasteiger partial charge in [0.2, 0.25) is 5.91 Å². The summed E-state index contributed by atoms with van der Waals surface area (Å²) in [6, 6.07) is 14.3. The Labute approximate surface area is 94.1 Å². The molecular weight excluding hydrogens is 198 g/mol. The maximum Gasteiger partial charge on any atom is 0.228 e. The largest absolute Gasteiger partial charge is 0.369 e. The zero-order valence-corrected chi connectivity index (χ0v) is 8.94. The first-order chi connectivity index (χ1) is 7.72. The van der Waals surface area contributed by atoms with Crippen molar-refractivity contribution in [2.24, 2.45) is 5.73 Å². The number of benzene rings is 2. The van der Waals surface area contributed by atoms with Gasteiger partial charge in [-0.15, -0.1) is 0 Å². The molecule has 0 heterocycles. The van der Waals surface area contributed by atoms with Gasteiger partial charge in [-0.05, 0) is 29.2 Å². The first kappa shape index (κ1) is 9.40. The van der Waals surface area contributed by atoms with E-state index in [1.807, 2.05) is 18.2 Å². The third-order valence-corrected chi connectivity index (χ3v) is 3.52. The Hall–Kier alpha value is -1.83. The van der Waals surface area contributed by atoms with Gasteiger partial charge in [0.05, 0.1) is 5.41 Å². The molecule has 0 aliphatic heterocycles.